The summed E-state index contributed by atoms with van der Waals surface area (Å²) in [6.45, 7) is 3.91. The van der Waals surface area contributed by atoms with Crippen LogP contribution in [-0.4, -0.2) is 29.9 Å². The average molecular weight is 360 g/mol. The number of nitrogens with zero attached hydrogens (tertiary/aromatic N) is 3. The number of nitrogens with one attached hydrogen (secondary N) is 1. The smallest absolute Gasteiger partial charge is 0.293 e. The maximum atomic E-state index is 11.9. The summed E-state index contributed by atoms with van der Waals surface area (Å²) in [4.78, 5) is 15.0. The Morgan fingerprint density at radius 2 is 1.84 bits per heavy atom. The maximum Gasteiger partial charge on any atom is 0.294 e. The first-order chi connectivity index (χ1) is 11.7. The number of hydrogen-bond donors (Lipinski definition) is 1. The van der Waals surface area contributed by atoms with Crippen LogP contribution in [-0.2, 0) is 10.0 Å². The lowest BCUT2D eigenvalue weighted by Crippen LogP contribution is -2.18. The lowest BCUT2D eigenvalue weighted by atomic mass is 10.1. The summed E-state index contributed by atoms with van der Waals surface area (Å²) >= 11 is 0. The van der Waals surface area contributed by atoms with Gasteiger partial charge in [-0.1, -0.05) is 0 Å². The standard InChI is InChI=1S/C16H16N4O4S/c1-10-6-13-15(7-11(10)2)19(9-18-13)14-5-4-12(25(23,24)17-3)8-16(14)20(21)22/h4-9,17H,1-3H3. The van der Waals surface area contributed by atoms with E-state index in [0.29, 0.717) is 5.52 Å². The Morgan fingerprint density at radius 1 is 1.16 bits per heavy atom. The highest BCUT2D eigenvalue weighted by molar-refractivity contribution is 7.89. The topological polar surface area (TPSA) is 107 Å². The van der Waals surface area contributed by atoms with E-state index >= 15 is 0 Å². The van der Waals surface area contributed by atoms with Gasteiger partial charge in [-0.25, -0.2) is 18.1 Å². The second-order valence-electron chi connectivity index (χ2n) is 5.65. The predicted molar refractivity (Wildman–Crippen MR) is 93.4 cm³/mol. The quantitative estimate of drug-likeness (QED) is 0.568. The first-order valence-electron chi connectivity index (χ1n) is 7.41. The van der Waals surface area contributed by atoms with Crippen molar-refractivity contribution in [2.45, 2.75) is 18.7 Å². The zero-order chi connectivity index (χ0) is 18.4. The molecule has 0 aliphatic heterocycles. The SMILES string of the molecule is CNS(=O)(=O)c1ccc(-n2cnc3cc(C)c(C)cc32)c([N+](=O)[O-])c1. The fourth-order valence-electron chi connectivity index (χ4n) is 2.59. The van der Waals surface area contributed by atoms with Gasteiger partial charge in [0, 0.05) is 6.07 Å². The lowest BCUT2D eigenvalue weighted by Gasteiger charge is -2.09. The highest BCUT2D eigenvalue weighted by Gasteiger charge is 2.22. The molecule has 1 heterocycles. The van der Waals surface area contributed by atoms with Gasteiger partial charge >= 0.3 is 0 Å². The summed E-state index contributed by atoms with van der Waals surface area (Å²) in [7, 11) is -2.52. The number of fused-ring (bicyclic) bond motifs is 1. The van der Waals surface area contributed by atoms with Gasteiger partial charge in [-0.2, -0.15) is 0 Å². The molecule has 3 rings (SSSR count). The molecule has 0 saturated carbocycles. The number of aromatic nitrogens is 2. The van der Waals surface area contributed by atoms with E-state index in [1.54, 1.807) is 4.57 Å². The van der Waals surface area contributed by atoms with Crippen molar-refractivity contribution >= 4 is 26.7 Å². The molecule has 0 amide bonds. The van der Waals surface area contributed by atoms with Crippen molar-refractivity contribution in [1.29, 1.82) is 0 Å². The zero-order valence-electron chi connectivity index (χ0n) is 13.8. The number of rotatable bonds is 4. The van der Waals surface area contributed by atoms with Crippen LogP contribution in [0.3, 0.4) is 0 Å². The Hall–Kier alpha value is -2.78. The fraction of sp³-hybridized carbons (Fsp3) is 0.188. The van der Waals surface area contributed by atoms with Crippen molar-refractivity contribution in [2.24, 2.45) is 0 Å². The third kappa shape index (κ3) is 2.87. The van der Waals surface area contributed by atoms with E-state index in [4.69, 9.17) is 0 Å². The van der Waals surface area contributed by atoms with E-state index in [9.17, 15) is 18.5 Å². The van der Waals surface area contributed by atoms with E-state index in [1.165, 1.54) is 25.5 Å². The number of imidazole rings is 1. The minimum atomic E-state index is -3.77. The molecule has 0 saturated heterocycles. The van der Waals surface area contributed by atoms with Crippen molar-refractivity contribution in [2.75, 3.05) is 7.05 Å². The molecule has 1 N–H and O–H groups in total. The normalized spacial score (nSPS) is 11.8. The maximum absolute atomic E-state index is 11.9. The van der Waals surface area contributed by atoms with Crippen LogP contribution in [0.1, 0.15) is 11.1 Å². The van der Waals surface area contributed by atoms with E-state index in [0.717, 1.165) is 22.7 Å². The van der Waals surface area contributed by atoms with Crippen molar-refractivity contribution in [1.82, 2.24) is 14.3 Å². The molecule has 0 spiro atoms. The molecule has 8 nitrogen and oxygen atoms in total. The molecule has 3 aromatic rings. The second kappa shape index (κ2) is 5.94. The molecule has 0 aliphatic carbocycles. The lowest BCUT2D eigenvalue weighted by molar-refractivity contribution is -0.384. The molecular formula is C16H16N4O4S. The number of benzene rings is 2. The van der Waals surface area contributed by atoms with Gasteiger partial charge in [-0.3, -0.25) is 14.7 Å². The Kier molecular flexibility index (Phi) is 4.05. The number of nitro benzene ring substituents is 1. The van der Waals surface area contributed by atoms with Crippen molar-refractivity contribution in [3.05, 3.63) is 57.9 Å². The monoisotopic (exact) mass is 360 g/mol. The summed E-state index contributed by atoms with van der Waals surface area (Å²) in [5, 5.41) is 11.5. The third-order valence-electron chi connectivity index (χ3n) is 4.14. The molecular weight excluding hydrogens is 344 g/mol. The number of sulfonamides is 1. The second-order valence-corrected chi connectivity index (χ2v) is 7.54. The Labute approximate surface area is 144 Å². The molecule has 0 unspecified atom stereocenters. The molecule has 1 aromatic heterocycles. The summed E-state index contributed by atoms with van der Waals surface area (Å²) in [6, 6.07) is 7.61. The van der Waals surface area contributed by atoms with Gasteiger partial charge in [-0.15, -0.1) is 0 Å². The van der Waals surface area contributed by atoms with E-state index in [2.05, 4.69) is 9.71 Å². The summed E-state index contributed by atoms with van der Waals surface area (Å²) < 4.78 is 27.6. The number of nitro groups is 1. The average Bonchev–Trinajstić information content (AvgIpc) is 2.97. The van der Waals surface area contributed by atoms with Crippen LogP contribution in [0.4, 0.5) is 5.69 Å². The predicted octanol–water partition coefficient (Wildman–Crippen LogP) is 2.46. The molecule has 2 aromatic carbocycles. The highest BCUT2D eigenvalue weighted by atomic mass is 32.2. The van der Waals surface area contributed by atoms with Gasteiger partial charge in [0.2, 0.25) is 10.0 Å². The summed E-state index contributed by atoms with van der Waals surface area (Å²) in [5.41, 5.74) is 3.48. The minimum Gasteiger partial charge on any atom is -0.293 e. The van der Waals surface area contributed by atoms with E-state index in [1.807, 2.05) is 26.0 Å². The van der Waals surface area contributed by atoms with Gasteiger partial charge in [-0.05, 0) is 56.3 Å². The zero-order valence-corrected chi connectivity index (χ0v) is 14.7. The molecule has 130 valence electrons. The largest absolute Gasteiger partial charge is 0.294 e. The van der Waals surface area contributed by atoms with Gasteiger partial charge in [0.25, 0.3) is 5.69 Å². The first-order valence-corrected chi connectivity index (χ1v) is 8.89. The summed E-state index contributed by atoms with van der Waals surface area (Å²) in [5.74, 6) is 0. The van der Waals surface area contributed by atoms with Crippen molar-refractivity contribution < 1.29 is 13.3 Å². The molecule has 0 fully saturated rings. The minimum absolute atomic E-state index is 0.165. The molecule has 0 aliphatic rings. The van der Waals surface area contributed by atoms with Crippen LogP contribution in [0, 0.1) is 24.0 Å². The first kappa shape index (κ1) is 17.1. The number of hydrogen-bond acceptors (Lipinski definition) is 5. The van der Waals surface area contributed by atoms with Crippen LogP contribution in [0.5, 0.6) is 0 Å². The third-order valence-corrected chi connectivity index (χ3v) is 5.56. The number of aryl methyl sites for hydroxylation is 2. The van der Waals surface area contributed by atoms with Crippen molar-refractivity contribution in [3.63, 3.8) is 0 Å². The molecule has 0 atom stereocenters. The fourth-order valence-corrected chi connectivity index (χ4v) is 3.34. The van der Waals surface area contributed by atoms with Crippen LogP contribution >= 0.6 is 0 Å². The molecule has 25 heavy (non-hydrogen) atoms. The van der Waals surface area contributed by atoms with Crippen molar-refractivity contribution in [3.8, 4) is 5.69 Å². The van der Waals surface area contributed by atoms with Gasteiger partial charge in [0.05, 0.1) is 20.9 Å². The van der Waals surface area contributed by atoms with Crippen LogP contribution in [0.15, 0.2) is 41.6 Å². The van der Waals surface area contributed by atoms with Gasteiger partial charge < -0.3 is 0 Å². The Balaban J connectivity index is 2.28. The van der Waals surface area contributed by atoms with Crippen LogP contribution in [0.25, 0.3) is 16.7 Å². The summed E-state index contributed by atoms with van der Waals surface area (Å²) in [6.07, 6.45) is 1.50. The molecule has 9 heteroatoms. The van der Waals surface area contributed by atoms with Gasteiger partial charge in [0.1, 0.15) is 12.0 Å². The Bertz CT molecular complexity index is 1100. The van der Waals surface area contributed by atoms with E-state index < -0.39 is 14.9 Å². The molecule has 0 radical (unpaired) electrons. The van der Waals surface area contributed by atoms with E-state index in [-0.39, 0.29) is 16.3 Å². The Morgan fingerprint density at radius 3 is 2.48 bits per heavy atom. The highest BCUT2D eigenvalue weighted by Crippen LogP contribution is 2.29. The molecule has 0 bridgehead atoms. The van der Waals surface area contributed by atoms with Gasteiger partial charge in [0.15, 0.2) is 0 Å². The van der Waals surface area contributed by atoms with Crippen LogP contribution in [0.2, 0.25) is 0 Å². The van der Waals surface area contributed by atoms with Crippen LogP contribution < -0.4 is 4.72 Å².